The van der Waals surface area contributed by atoms with E-state index in [1.807, 2.05) is 12.4 Å². The van der Waals surface area contributed by atoms with Crippen LogP contribution in [0.3, 0.4) is 0 Å². The summed E-state index contributed by atoms with van der Waals surface area (Å²) in [6.45, 7) is 6.04. The normalized spacial score (nSPS) is 26.0. The molecule has 1 aromatic rings. The van der Waals surface area contributed by atoms with Crippen molar-refractivity contribution >= 4 is 0 Å². The Labute approximate surface area is 127 Å². The number of likely N-dealkylation sites (tertiary alicyclic amines) is 1. The molecule has 0 amide bonds. The lowest BCUT2D eigenvalue weighted by atomic mass is 9.66. The lowest BCUT2D eigenvalue weighted by molar-refractivity contribution is -0.0951. The van der Waals surface area contributed by atoms with Crippen LogP contribution in [0, 0.1) is 11.3 Å². The Balaban J connectivity index is 1.58. The van der Waals surface area contributed by atoms with Crippen molar-refractivity contribution in [3.8, 4) is 0 Å². The molecule has 2 aliphatic rings. The number of aromatic nitrogens is 1. The van der Waals surface area contributed by atoms with E-state index in [2.05, 4.69) is 22.0 Å². The van der Waals surface area contributed by atoms with Crippen LogP contribution in [0.15, 0.2) is 24.5 Å². The standard InChI is InChI=1S/C17H26N2O2/c1-20-13-16-14-21-11-6-17(16)4-9-19(10-5-17)12-15-2-7-18-8-3-15/h2-3,7-8,16H,4-6,9-14H2,1H3/t16-/m1/s1. The van der Waals surface area contributed by atoms with Gasteiger partial charge in [-0.2, -0.15) is 0 Å². The minimum absolute atomic E-state index is 0.447. The van der Waals surface area contributed by atoms with Crippen molar-refractivity contribution in [2.75, 3.05) is 40.0 Å². The molecular weight excluding hydrogens is 264 g/mol. The van der Waals surface area contributed by atoms with Gasteiger partial charge >= 0.3 is 0 Å². The number of hydrogen-bond donors (Lipinski definition) is 0. The molecule has 0 N–H and O–H groups in total. The van der Waals surface area contributed by atoms with Gasteiger partial charge in [-0.25, -0.2) is 0 Å². The highest BCUT2D eigenvalue weighted by Crippen LogP contribution is 2.44. The minimum atomic E-state index is 0.447. The molecule has 0 saturated carbocycles. The number of ether oxygens (including phenoxy) is 2. The maximum absolute atomic E-state index is 5.68. The molecule has 2 saturated heterocycles. The number of piperidine rings is 1. The highest BCUT2D eigenvalue weighted by atomic mass is 16.5. The van der Waals surface area contributed by atoms with Gasteiger partial charge in [-0.05, 0) is 55.5 Å². The van der Waals surface area contributed by atoms with Gasteiger partial charge in [0.2, 0.25) is 0 Å². The van der Waals surface area contributed by atoms with Crippen LogP contribution in [0.5, 0.6) is 0 Å². The maximum Gasteiger partial charge on any atom is 0.0521 e. The van der Waals surface area contributed by atoms with Crippen molar-refractivity contribution in [2.45, 2.75) is 25.8 Å². The van der Waals surface area contributed by atoms with E-state index in [4.69, 9.17) is 9.47 Å². The lowest BCUT2D eigenvalue weighted by Crippen LogP contribution is -2.49. The van der Waals surface area contributed by atoms with Gasteiger partial charge in [0.05, 0.1) is 13.2 Å². The fourth-order valence-electron chi connectivity index (χ4n) is 3.87. The first-order valence-corrected chi connectivity index (χ1v) is 8.00. The van der Waals surface area contributed by atoms with E-state index in [1.54, 1.807) is 7.11 Å². The van der Waals surface area contributed by atoms with E-state index in [9.17, 15) is 0 Å². The molecule has 1 aromatic heterocycles. The molecular formula is C17H26N2O2. The van der Waals surface area contributed by atoms with Gasteiger partial charge < -0.3 is 9.47 Å². The summed E-state index contributed by atoms with van der Waals surface area (Å²) in [5.41, 5.74) is 1.81. The molecule has 3 heterocycles. The van der Waals surface area contributed by atoms with Crippen LogP contribution >= 0.6 is 0 Å². The van der Waals surface area contributed by atoms with Gasteiger partial charge in [-0.1, -0.05) is 0 Å². The molecule has 1 spiro atoms. The number of pyridine rings is 1. The Bertz CT molecular complexity index is 428. The zero-order valence-corrected chi connectivity index (χ0v) is 13.0. The fourth-order valence-corrected chi connectivity index (χ4v) is 3.87. The first-order chi connectivity index (χ1) is 10.3. The summed E-state index contributed by atoms with van der Waals surface area (Å²) in [6, 6.07) is 4.24. The summed E-state index contributed by atoms with van der Waals surface area (Å²) in [4.78, 5) is 6.66. The third-order valence-corrected chi connectivity index (χ3v) is 5.30. The van der Waals surface area contributed by atoms with Crippen molar-refractivity contribution in [1.29, 1.82) is 0 Å². The summed E-state index contributed by atoms with van der Waals surface area (Å²) in [7, 11) is 1.81. The van der Waals surface area contributed by atoms with E-state index in [1.165, 1.54) is 37.9 Å². The third-order valence-electron chi connectivity index (χ3n) is 5.30. The Morgan fingerprint density at radius 2 is 2.05 bits per heavy atom. The van der Waals surface area contributed by atoms with Crippen LogP contribution in [-0.4, -0.2) is 49.9 Å². The fraction of sp³-hybridized carbons (Fsp3) is 0.706. The smallest absolute Gasteiger partial charge is 0.0521 e. The summed E-state index contributed by atoms with van der Waals surface area (Å²) in [5.74, 6) is 0.569. The zero-order chi connectivity index (χ0) is 14.5. The second-order valence-corrected chi connectivity index (χ2v) is 6.47. The number of nitrogens with zero attached hydrogens (tertiary/aromatic N) is 2. The van der Waals surface area contributed by atoms with Crippen molar-refractivity contribution in [2.24, 2.45) is 11.3 Å². The largest absolute Gasteiger partial charge is 0.384 e. The molecule has 2 fully saturated rings. The van der Waals surface area contributed by atoms with E-state index in [0.29, 0.717) is 11.3 Å². The maximum atomic E-state index is 5.68. The van der Waals surface area contributed by atoms with Gasteiger partial charge in [0.25, 0.3) is 0 Å². The van der Waals surface area contributed by atoms with Crippen LogP contribution in [0.25, 0.3) is 0 Å². The molecule has 1 atom stereocenters. The average Bonchev–Trinajstić information content (AvgIpc) is 2.53. The summed E-state index contributed by atoms with van der Waals surface area (Å²) in [6.07, 6.45) is 7.51. The van der Waals surface area contributed by atoms with E-state index < -0.39 is 0 Å². The second kappa shape index (κ2) is 6.86. The molecule has 4 nitrogen and oxygen atoms in total. The van der Waals surface area contributed by atoms with Crippen LogP contribution in [0.1, 0.15) is 24.8 Å². The van der Waals surface area contributed by atoms with Gasteiger partial charge in [0.15, 0.2) is 0 Å². The summed E-state index contributed by atoms with van der Waals surface area (Å²) >= 11 is 0. The van der Waals surface area contributed by atoms with Crippen LogP contribution in [-0.2, 0) is 16.0 Å². The molecule has 0 aliphatic carbocycles. The second-order valence-electron chi connectivity index (χ2n) is 6.47. The monoisotopic (exact) mass is 290 g/mol. The minimum Gasteiger partial charge on any atom is -0.384 e. The highest BCUT2D eigenvalue weighted by Gasteiger charge is 2.43. The highest BCUT2D eigenvalue weighted by molar-refractivity contribution is 5.09. The predicted molar refractivity (Wildman–Crippen MR) is 82.0 cm³/mol. The van der Waals surface area contributed by atoms with E-state index in [-0.39, 0.29) is 0 Å². The molecule has 0 radical (unpaired) electrons. The predicted octanol–water partition coefficient (Wildman–Crippen LogP) is 2.35. The van der Waals surface area contributed by atoms with Gasteiger partial charge in [0.1, 0.15) is 0 Å². The SMILES string of the molecule is COC[C@@H]1COCCC12CCN(Cc1ccncc1)CC2. The van der Waals surface area contributed by atoms with Gasteiger partial charge in [-0.15, -0.1) is 0 Å². The van der Waals surface area contributed by atoms with Gasteiger partial charge in [0, 0.05) is 38.6 Å². The number of hydrogen-bond acceptors (Lipinski definition) is 4. The van der Waals surface area contributed by atoms with E-state index in [0.717, 1.165) is 26.4 Å². The Morgan fingerprint density at radius 3 is 2.76 bits per heavy atom. The Hall–Kier alpha value is -0.970. The van der Waals surface area contributed by atoms with Crippen molar-refractivity contribution < 1.29 is 9.47 Å². The first-order valence-electron chi connectivity index (χ1n) is 8.00. The molecule has 3 rings (SSSR count). The van der Waals surface area contributed by atoms with E-state index >= 15 is 0 Å². The third kappa shape index (κ3) is 3.44. The molecule has 0 bridgehead atoms. The first kappa shape index (κ1) is 14.9. The summed E-state index contributed by atoms with van der Waals surface area (Å²) in [5, 5.41) is 0. The zero-order valence-electron chi connectivity index (χ0n) is 13.0. The molecule has 4 heteroatoms. The molecule has 116 valence electrons. The molecule has 0 aromatic carbocycles. The lowest BCUT2D eigenvalue weighted by Gasteiger charge is -2.49. The van der Waals surface area contributed by atoms with Gasteiger partial charge in [-0.3, -0.25) is 9.88 Å². The Morgan fingerprint density at radius 1 is 1.29 bits per heavy atom. The topological polar surface area (TPSA) is 34.6 Å². The molecule has 2 aliphatic heterocycles. The van der Waals surface area contributed by atoms with Crippen molar-refractivity contribution in [3.05, 3.63) is 30.1 Å². The van der Waals surface area contributed by atoms with Crippen molar-refractivity contribution in [1.82, 2.24) is 9.88 Å². The number of rotatable bonds is 4. The molecule has 0 unspecified atom stereocenters. The van der Waals surface area contributed by atoms with Crippen LogP contribution in [0.2, 0.25) is 0 Å². The average molecular weight is 290 g/mol. The molecule has 21 heavy (non-hydrogen) atoms. The Kier molecular flexibility index (Phi) is 4.88. The van der Waals surface area contributed by atoms with Crippen LogP contribution < -0.4 is 0 Å². The van der Waals surface area contributed by atoms with Crippen LogP contribution in [0.4, 0.5) is 0 Å². The van der Waals surface area contributed by atoms with Crippen molar-refractivity contribution in [3.63, 3.8) is 0 Å². The quantitative estimate of drug-likeness (QED) is 0.852. The summed E-state index contributed by atoms with van der Waals surface area (Å²) < 4.78 is 11.1. The number of methoxy groups -OCH3 is 1.